The minimum absolute atomic E-state index is 0.0665. The second kappa shape index (κ2) is 7.03. The molecule has 0 aliphatic carbocycles. The van der Waals surface area contributed by atoms with Crippen LogP contribution in [-0.4, -0.2) is 36.0 Å². The Morgan fingerprint density at radius 3 is 3.00 bits per heavy atom. The lowest BCUT2D eigenvalue weighted by molar-refractivity contribution is -0.129. The average Bonchev–Trinajstić information content (AvgIpc) is 2.84. The highest BCUT2D eigenvalue weighted by molar-refractivity contribution is 7.13. The van der Waals surface area contributed by atoms with Crippen molar-refractivity contribution in [3.63, 3.8) is 0 Å². The molecule has 21 heavy (non-hydrogen) atoms. The molecule has 0 aliphatic heterocycles. The van der Waals surface area contributed by atoms with E-state index < -0.39 is 0 Å². The Labute approximate surface area is 126 Å². The van der Waals surface area contributed by atoms with Crippen LogP contribution in [0.5, 0.6) is 5.75 Å². The van der Waals surface area contributed by atoms with Crippen LogP contribution in [0.15, 0.2) is 29.6 Å². The van der Waals surface area contributed by atoms with Crippen molar-refractivity contribution in [1.29, 1.82) is 0 Å². The van der Waals surface area contributed by atoms with Crippen LogP contribution in [0, 0.1) is 5.82 Å². The summed E-state index contributed by atoms with van der Waals surface area (Å²) in [6.07, 6.45) is 0.212. The molecule has 2 aromatic rings. The van der Waals surface area contributed by atoms with E-state index in [1.807, 2.05) is 0 Å². The van der Waals surface area contributed by atoms with E-state index in [0.29, 0.717) is 29.7 Å². The number of carbonyl (C=O) groups is 1. The van der Waals surface area contributed by atoms with Gasteiger partial charge in [0.25, 0.3) is 0 Å². The van der Waals surface area contributed by atoms with Gasteiger partial charge in [0.15, 0.2) is 5.13 Å². The van der Waals surface area contributed by atoms with Crippen LogP contribution in [0.25, 0.3) is 0 Å². The van der Waals surface area contributed by atoms with Crippen LogP contribution >= 0.6 is 11.3 Å². The van der Waals surface area contributed by atoms with Gasteiger partial charge in [-0.2, -0.15) is 0 Å². The fourth-order valence-electron chi connectivity index (χ4n) is 1.68. The zero-order valence-electron chi connectivity index (χ0n) is 11.6. The summed E-state index contributed by atoms with van der Waals surface area (Å²) >= 11 is 1.31. The van der Waals surface area contributed by atoms with Gasteiger partial charge in [-0.25, -0.2) is 9.37 Å². The molecule has 0 atom stereocenters. The molecule has 0 fully saturated rings. The van der Waals surface area contributed by atoms with Gasteiger partial charge in [-0.05, 0) is 12.1 Å². The summed E-state index contributed by atoms with van der Waals surface area (Å²) < 4.78 is 18.4. The minimum Gasteiger partial charge on any atom is -0.492 e. The largest absolute Gasteiger partial charge is 0.492 e. The molecule has 2 N–H and O–H groups in total. The average molecular weight is 309 g/mol. The van der Waals surface area contributed by atoms with Crippen LogP contribution in [-0.2, 0) is 11.2 Å². The summed E-state index contributed by atoms with van der Waals surface area (Å²) in [7, 11) is 1.69. The summed E-state index contributed by atoms with van der Waals surface area (Å²) in [5.74, 6) is 0.0318. The quantitative estimate of drug-likeness (QED) is 0.885. The summed E-state index contributed by atoms with van der Waals surface area (Å²) in [6, 6.07) is 5.90. The molecule has 0 bridgehead atoms. The Bertz CT molecular complexity index is 618. The van der Waals surface area contributed by atoms with Crippen LogP contribution in [0.4, 0.5) is 9.52 Å². The molecule has 7 heteroatoms. The number of carbonyl (C=O) groups excluding carboxylic acids is 1. The van der Waals surface area contributed by atoms with Crippen LogP contribution in [0.3, 0.4) is 0 Å². The van der Waals surface area contributed by atoms with Crippen molar-refractivity contribution < 1.29 is 13.9 Å². The molecule has 0 spiro atoms. The molecule has 0 saturated carbocycles. The van der Waals surface area contributed by atoms with Gasteiger partial charge >= 0.3 is 0 Å². The Morgan fingerprint density at radius 2 is 2.33 bits per heavy atom. The smallest absolute Gasteiger partial charge is 0.228 e. The Kier molecular flexibility index (Phi) is 5.10. The summed E-state index contributed by atoms with van der Waals surface area (Å²) in [5, 5.41) is 2.22. The van der Waals surface area contributed by atoms with Gasteiger partial charge in [-0.3, -0.25) is 4.79 Å². The van der Waals surface area contributed by atoms with E-state index in [1.54, 1.807) is 29.5 Å². The second-order valence-corrected chi connectivity index (χ2v) is 5.36. The first kappa shape index (κ1) is 15.2. The molecule has 0 unspecified atom stereocenters. The number of hydrogen-bond donors (Lipinski definition) is 1. The molecule has 1 aromatic carbocycles. The summed E-state index contributed by atoms with van der Waals surface area (Å²) in [5.41, 5.74) is 6.19. The maximum atomic E-state index is 13.0. The lowest BCUT2D eigenvalue weighted by Crippen LogP contribution is -2.32. The van der Waals surface area contributed by atoms with E-state index >= 15 is 0 Å². The third-order valence-electron chi connectivity index (χ3n) is 2.82. The molecular formula is C14H16FN3O2S. The lowest BCUT2D eigenvalue weighted by atomic mass is 10.3. The van der Waals surface area contributed by atoms with Crippen molar-refractivity contribution in [2.45, 2.75) is 6.42 Å². The number of nitrogen functional groups attached to an aromatic ring is 1. The second-order valence-electron chi connectivity index (χ2n) is 4.47. The normalized spacial score (nSPS) is 10.4. The number of thiazole rings is 1. The van der Waals surface area contributed by atoms with Crippen LogP contribution in [0.1, 0.15) is 5.69 Å². The zero-order valence-corrected chi connectivity index (χ0v) is 12.4. The van der Waals surface area contributed by atoms with E-state index in [4.69, 9.17) is 10.5 Å². The van der Waals surface area contributed by atoms with E-state index in [2.05, 4.69) is 4.98 Å². The van der Waals surface area contributed by atoms with E-state index in [9.17, 15) is 9.18 Å². The number of rotatable bonds is 6. The first-order valence-electron chi connectivity index (χ1n) is 6.37. The van der Waals surface area contributed by atoms with Crippen LogP contribution < -0.4 is 10.5 Å². The van der Waals surface area contributed by atoms with Crippen LogP contribution in [0.2, 0.25) is 0 Å². The predicted molar refractivity (Wildman–Crippen MR) is 79.8 cm³/mol. The number of nitrogens with two attached hydrogens (primary N) is 1. The number of hydrogen-bond acceptors (Lipinski definition) is 5. The third-order valence-corrected chi connectivity index (χ3v) is 3.54. The fraction of sp³-hybridized carbons (Fsp3) is 0.286. The van der Waals surface area contributed by atoms with Gasteiger partial charge in [0.2, 0.25) is 5.91 Å². The first-order chi connectivity index (χ1) is 10.0. The van der Waals surface area contributed by atoms with Gasteiger partial charge in [-0.15, -0.1) is 11.3 Å². The summed E-state index contributed by atoms with van der Waals surface area (Å²) in [6.45, 7) is 0.708. The number of amides is 1. The van der Waals surface area contributed by atoms with Crippen molar-refractivity contribution in [2.24, 2.45) is 0 Å². The Balaban J connectivity index is 1.76. The number of aromatic nitrogens is 1. The zero-order chi connectivity index (χ0) is 15.2. The Morgan fingerprint density at radius 1 is 1.52 bits per heavy atom. The minimum atomic E-state index is -0.349. The molecule has 0 saturated heterocycles. The molecule has 0 radical (unpaired) electrons. The molecular weight excluding hydrogens is 293 g/mol. The number of nitrogens with zero attached hydrogens (tertiary/aromatic N) is 2. The van der Waals surface area contributed by atoms with Crippen molar-refractivity contribution in [3.8, 4) is 5.75 Å². The molecule has 1 aromatic heterocycles. The third kappa shape index (κ3) is 4.71. The number of ether oxygens (including phenoxy) is 1. The molecule has 1 heterocycles. The monoisotopic (exact) mass is 309 g/mol. The van der Waals surface area contributed by atoms with Crippen molar-refractivity contribution in [3.05, 3.63) is 41.2 Å². The Hall–Kier alpha value is -2.15. The lowest BCUT2D eigenvalue weighted by Gasteiger charge is -2.17. The number of anilines is 1. The molecule has 0 aliphatic rings. The topological polar surface area (TPSA) is 68.5 Å². The highest BCUT2D eigenvalue weighted by atomic mass is 32.1. The van der Waals surface area contributed by atoms with E-state index in [-0.39, 0.29) is 18.1 Å². The fourth-order valence-corrected chi connectivity index (χ4v) is 2.24. The number of benzene rings is 1. The van der Waals surface area contributed by atoms with Gasteiger partial charge in [0.05, 0.1) is 18.7 Å². The molecule has 112 valence electrons. The van der Waals surface area contributed by atoms with Crippen molar-refractivity contribution in [2.75, 3.05) is 25.9 Å². The number of halogens is 1. The van der Waals surface area contributed by atoms with Gasteiger partial charge in [0, 0.05) is 18.5 Å². The highest BCUT2D eigenvalue weighted by Gasteiger charge is 2.11. The maximum Gasteiger partial charge on any atom is 0.228 e. The number of likely N-dealkylation sites (N-methyl/N-ethyl adjacent to an activating group) is 1. The maximum absolute atomic E-state index is 13.0. The van der Waals surface area contributed by atoms with Crippen molar-refractivity contribution in [1.82, 2.24) is 9.88 Å². The van der Waals surface area contributed by atoms with Crippen molar-refractivity contribution >= 4 is 22.4 Å². The van der Waals surface area contributed by atoms with Gasteiger partial charge in [0.1, 0.15) is 18.2 Å². The predicted octanol–water partition coefficient (Wildman–Crippen LogP) is 1.94. The summed E-state index contributed by atoms with van der Waals surface area (Å²) in [4.78, 5) is 17.5. The van der Waals surface area contributed by atoms with E-state index in [0.717, 1.165) is 0 Å². The van der Waals surface area contributed by atoms with Gasteiger partial charge < -0.3 is 15.4 Å². The van der Waals surface area contributed by atoms with E-state index in [1.165, 1.54) is 23.5 Å². The standard InChI is InChI=1S/C14H16FN3O2S/c1-18(13(19)8-11-9-21-14(16)17-11)5-6-20-12-4-2-3-10(15)7-12/h2-4,7,9H,5-6,8H2,1H3,(H2,16,17). The molecule has 5 nitrogen and oxygen atoms in total. The highest BCUT2D eigenvalue weighted by Crippen LogP contribution is 2.13. The first-order valence-corrected chi connectivity index (χ1v) is 7.25. The SMILES string of the molecule is CN(CCOc1cccc(F)c1)C(=O)Cc1csc(N)n1. The molecule has 1 amide bonds. The molecule has 2 rings (SSSR count). The van der Waals surface area contributed by atoms with Gasteiger partial charge in [-0.1, -0.05) is 6.07 Å².